The van der Waals surface area contributed by atoms with Crippen molar-refractivity contribution in [3.05, 3.63) is 82.5 Å². The first-order valence-corrected chi connectivity index (χ1v) is 12.1. The van der Waals surface area contributed by atoms with E-state index in [4.69, 9.17) is 27.9 Å². The Morgan fingerprint density at radius 2 is 1.64 bits per heavy atom. The van der Waals surface area contributed by atoms with Crippen LogP contribution in [0.3, 0.4) is 0 Å². The molecule has 0 aliphatic carbocycles. The Kier molecular flexibility index (Phi) is 8.01. The summed E-state index contributed by atoms with van der Waals surface area (Å²) in [6.45, 7) is 2.44. The maximum atomic E-state index is 12.8. The fourth-order valence-electron chi connectivity index (χ4n) is 4.08. The van der Waals surface area contributed by atoms with Crippen LogP contribution >= 0.6 is 23.2 Å². The topological polar surface area (TPSA) is 43.7 Å². The molecule has 188 valence electrons. The van der Waals surface area contributed by atoms with Gasteiger partial charge in [-0.1, -0.05) is 35.3 Å². The molecule has 3 aromatic carbocycles. The smallest absolute Gasteiger partial charge is 0.415 e. The number of aromatic nitrogens is 1. The number of carbonyl (C=O) groups is 1. The number of hydrogen-bond donors (Lipinski definition) is 0. The summed E-state index contributed by atoms with van der Waals surface area (Å²) < 4.78 is 37.2. The Bertz CT molecular complexity index is 1350. The molecule has 0 spiro atoms. The van der Waals surface area contributed by atoms with Crippen molar-refractivity contribution in [3.63, 3.8) is 0 Å². The van der Waals surface area contributed by atoms with Gasteiger partial charge in [0.1, 0.15) is 11.5 Å². The Morgan fingerprint density at radius 3 is 2.25 bits per heavy atom. The maximum Gasteiger partial charge on any atom is 0.415 e. The standard InChI is InChI=1S/C27H24Cl2F2N2O3/c1-3-32(4-2)27(34)36-24-10-9-23-22(25(24)18-13-19(28)15-20(29)14-18)11-12-33(23)16-17-5-7-21(8-6-17)35-26(30)31/h5-15,26H,3-4,16H2,1-2H3. The molecule has 0 atom stereocenters. The van der Waals surface area contributed by atoms with Gasteiger partial charge in [-0.25, -0.2) is 4.79 Å². The average Bonchev–Trinajstić information content (AvgIpc) is 3.22. The van der Waals surface area contributed by atoms with Crippen LogP contribution in [0.4, 0.5) is 13.6 Å². The first-order chi connectivity index (χ1) is 17.3. The van der Waals surface area contributed by atoms with Gasteiger partial charge in [0.25, 0.3) is 0 Å². The average molecular weight is 533 g/mol. The van der Waals surface area contributed by atoms with E-state index in [-0.39, 0.29) is 5.75 Å². The minimum atomic E-state index is -2.87. The molecule has 1 amide bonds. The Balaban J connectivity index is 1.76. The molecule has 0 N–H and O–H groups in total. The number of amides is 1. The molecular formula is C27H24Cl2F2N2O3. The van der Waals surface area contributed by atoms with E-state index >= 15 is 0 Å². The van der Waals surface area contributed by atoms with E-state index in [1.54, 1.807) is 41.3 Å². The van der Waals surface area contributed by atoms with E-state index in [1.165, 1.54) is 12.1 Å². The molecule has 1 heterocycles. The number of rotatable bonds is 8. The molecule has 0 saturated heterocycles. The van der Waals surface area contributed by atoms with Gasteiger partial charge in [-0.2, -0.15) is 8.78 Å². The zero-order valence-corrected chi connectivity index (χ0v) is 21.2. The largest absolute Gasteiger partial charge is 0.435 e. The van der Waals surface area contributed by atoms with Gasteiger partial charge >= 0.3 is 12.7 Å². The third-order valence-electron chi connectivity index (χ3n) is 5.79. The fourth-order valence-corrected chi connectivity index (χ4v) is 4.61. The van der Waals surface area contributed by atoms with Crippen molar-refractivity contribution in [2.75, 3.05) is 13.1 Å². The summed E-state index contributed by atoms with van der Waals surface area (Å²) in [5.41, 5.74) is 3.19. The monoisotopic (exact) mass is 532 g/mol. The van der Waals surface area contributed by atoms with Crippen molar-refractivity contribution in [2.24, 2.45) is 0 Å². The second-order valence-corrected chi connectivity index (χ2v) is 8.91. The zero-order valence-electron chi connectivity index (χ0n) is 19.7. The lowest BCUT2D eigenvalue weighted by molar-refractivity contribution is -0.0498. The highest BCUT2D eigenvalue weighted by atomic mass is 35.5. The molecule has 0 bridgehead atoms. The Labute approximate surface area is 217 Å². The number of carbonyl (C=O) groups excluding carboxylic acids is 1. The molecule has 36 heavy (non-hydrogen) atoms. The predicted molar refractivity (Wildman–Crippen MR) is 139 cm³/mol. The highest BCUT2D eigenvalue weighted by molar-refractivity contribution is 6.35. The highest BCUT2D eigenvalue weighted by Gasteiger charge is 2.20. The lowest BCUT2D eigenvalue weighted by Gasteiger charge is -2.20. The molecule has 0 fully saturated rings. The van der Waals surface area contributed by atoms with Gasteiger partial charge in [0.2, 0.25) is 0 Å². The van der Waals surface area contributed by atoms with E-state index in [2.05, 4.69) is 4.74 Å². The van der Waals surface area contributed by atoms with Gasteiger partial charge < -0.3 is 18.9 Å². The molecular weight excluding hydrogens is 509 g/mol. The van der Waals surface area contributed by atoms with Gasteiger partial charge in [0.15, 0.2) is 0 Å². The van der Waals surface area contributed by atoms with Crippen molar-refractivity contribution in [1.82, 2.24) is 9.47 Å². The predicted octanol–water partition coefficient (Wildman–Crippen LogP) is 8.11. The summed E-state index contributed by atoms with van der Waals surface area (Å²) in [5.74, 6) is 0.495. The first-order valence-electron chi connectivity index (χ1n) is 11.4. The molecule has 4 rings (SSSR count). The van der Waals surface area contributed by atoms with Crippen LogP contribution < -0.4 is 9.47 Å². The SMILES string of the molecule is CCN(CC)C(=O)Oc1ccc2c(ccn2Cc2ccc(OC(F)F)cc2)c1-c1cc(Cl)cc(Cl)c1. The third kappa shape index (κ3) is 5.74. The van der Waals surface area contributed by atoms with Gasteiger partial charge in [-0.3, -0.25) is 0 Å². The van der Waals surface area contributed by atoms with Crippen LogP contribution in [0.5, 0.6) is 11.5 Å². The molecule has 0 radical (unpaired) electrons. The number of ether oxygens (including phenoxy) is 2. The summed E-state index contributed by atoms with van der Waals surface area (Å²) in [7, 11) is 0. The minimum absolute atomic E-state index is 0.103. The van der Waals surface area contributed by atoms with Crippen molar-refractivity contribution >= 4 is 40.2 Å². The third-order valence-corrected chi connectivity index (χ3v) is 6.22. The van der Waals surface area contributed by atoms with Crippen molar-refractivity contribution in [1.29, 1.82) is 0 Å². The van der Waals surface area contributed by atoms with Crippen molar-refractivity contribution < 1.29 is 23.0 Å². The van der Waals surface area contributed by atoms with E-state index in [1.807, 2.05) is 36.7 Å². The number of hydrogen-bond acceptors (Lipinski definition) is 3. The molecule has 5 nitrogen and oxygen atoms in total. The summed E-state index contributed by atoms with van der Waals surface area (Å²) in [4.78, 5) is 14.3. The number of nitrogens with zero attached hydrogens (tertiary/aromatic N) is 2. The summed E-state index contributed by atoms with van der Waals surface area (Å²) in [6.07, 6.45) is 1.47. The summed E-state index contributed by atoms with van der Waals surface area (Å²) in [6, 6.07) is 17.3. The van der Waals surface area contributed by atoms with Crippen molar-refractivity contribution in [2.45, 2.75) is 27.0 Å². The minimum Gasteiger partial charge on any atom is -0.435 e. The molecule has 0 aliphatic rings. The van der Waals surface area contributed by atoms with Crippen LogP contribution in [0.15, 0.2) is 66.9 Å². The van der Waals surface area contributed by atoms with Gasteiger partial charge in [-0.05, 0) is 73.5 Å². The number of benzene rings is 3. The van der Waals surface area contributed by atoms with Crippen LogP contribution in [-0.4, -0.2) is 35.3 Å². The van der Waals surface area contributed by atoms with Gasteiger partial charge in [-0.15, -0.1) is 0 Å². The van der Waals surface area contributed by atoms with Crippen LogP contribution in [0.2, 0.25) is 10.0 Å². The van der Waals surface area contributed by atoms with Crippen molar-refractivity contribution in [3.8, 4) is 22.6 Å². The summed E-state index contributed by atoms with van der Waals surface area (Å²) in [5, 5.41) is 1.76. The zero-order chi connectivity index (χ0) is 25.8. The van der Waals surface area contributed by atoms with E-state index in [0.717, 1.165) is 16.5 Å². The van der Waals surface area contributed by atoms with Crippen LogP contribution in [0.25, 0.3) is 22.0 Å². The highest BCUT2D eigenvalue weighted by Crippen LogP contribution is 2.40. The number of halogens is 4. The molecule has 0 aliphatic heterocycles. The Morgan fingerprint density at radius 1 is 0.972 bits per heavy atom. The molecule has 0 unspecified atom stereocenters. The molecule has 1 aromatic heterocycles. The van der Waals surface area contributed by atoms with Gasteiger partial charge in [0.05, 0.1) is 0 Å². The maximum absolute atomic E-state index is 12.8. The van der Waals surface area contributed by atoms with E-state index in [9.17, 15) is 13.6 Å². The Hall–Kier alpha value is -3.29. The van der Waals surface area contributed by atoms with Crippen LogP contribution in [0, 0.1) is 0 Å². The van der Waals surface area contributed by atoms with Gasteiger partial charge in [0, 0.05) is 52.3 Å². The second-order valence-electron chi connectivity index (χ2n) is 8.04. The van der Waals surface area contributed by atoms with Crippen LogP contribution in [0.1, 0.15) is 19.4 Å². The van der Waals surface area contributed by atoms with E-state index in [0.29, 0.717) is 46.6 Å². The second kappa shape index (κ2) is 11.2. The lowest BCUT2D eigenvalue weighted by Crippen LogP contribution is -2.33. The summed E-state index contributed by atoms with van der Waals surface area (Å²) >= 11 is 12.6. The lowest BCUT2D eigenvalue weighted by atomic mass is 10.0. The van der Waals surface area contributed by atoms with Crippen LogP contribution in [-0.2, 0) is 6.54 Å². The quantitative estimate of drug-likeness (QED) is 0.230. The first kappa shape index (κ1) is 25.8. The fraction of sp³-hybridized carbons (Fsp3) is 0.222. The molecule has 9 heteroatoms. The number of fused-ring (bicyclic) bond motifs is 1. The molecule has 4 aromatic rings. The normalized spacial score (nSPS) is 11.2. The van der Waals surface area contributed by atoms with E-state index < -0.39 is 12.7 Å². The molecule has 0 saturated carbocycles. The number of alkyl halides is 2.